The molecule has 1 saturated heterocycles. The number of rotatable bonds is 2. The number of sulfonamides is 1. The van der Waals surface area contributed by atoms with Crippen LogP contribution in [0.5, 0.6) is 0 Å². The van der Waals surface area contributed by atoms with E-state index in [2.05, 4.69) is 0 Å². The molecule has 1 heterocycles. The molecule has 0 radical (unpaired) electrons. The molecule has 0 aromatic rings. The highest BCUT2D eigenvalue weighted by atomic mass is 32.2. The van der Waals surface area contributed by atoms with Crippen molar-refractivity contribution >= 4 is 10.0 Å². The van der Waals surface area contributed by atoms with Crippen LogP contribution in [0.4, 0.5) is 0 Å². The van der Waals surface area contributed by atoms with E-state index in [-0.39, 0.29) is 10.9 Å². The van der Waals surface area contributed by atoms with Crippen molar-refractivity contribution in [3.8, 4) is 0 Å². The predicted octanol–water partition coefficient (Wildman–Crippen LogP) is 1.56. The Morgan fingerprint density at radius 1 is 1.33 bits per heavy atom. The van der Waals surface area contributed by atoms with Crippen LogP contribution in [0.25, 0.3) is 0 Å². The first-order chi connectivity index (χ1) is 5.31. The minimum absolute atomic E-state index is 0.206. The van der Waals surface area contributed by atoms with Crippen molar-refractivity contribution in [3.05, 3.63) is 0 Å². The number of nitrogens with zero attached hydrogens (tertiary/aromatic N) is 1. The molecule has 0 saturated carbocycles. The Morgan fingerprint density at radius 2 is 1.83 bits per heavy atom. The lowest BCUT2D eigenvalue weighted by Crippen LogP contribution is -2.28. The first-order valence-electron chi connectivity index (χ1n) is 4.35. The van der Waals surface area contributed by atoms with Gasteiger partial charge in [-0.3, -0.25) is 0 Å². The smallest absolute Gasteiger partial charge is 0.210 e. The van der Waals surface area contributed by atoms with Gasteiger partial charge >= 0.3 is 0 Å². The molecule has 1 aliphatic heterocycles. The van der Waals surface area contributed by atoms with Crippen molar-refractivity contribution in [2.24, 2.45) is 0 Å². The number of hydrogen-bond donors (Lipinski definition) is 0. The van der Waals surface area contributed by atoms with Crippen molar-refractivity contribution in [2.75, 3.05) is 0 Å². The van der Waals surface area contributed by atoms with Crippen LogP contribution in [-0.2, 0) is 10.0 Å². The molecule has 0 aromatic carbocycles. The molecule has 0 N–H and O–H groups in total. The van der Waals surface area contributed by atoms with E-state index >= 15 is 0 Å². The van der Waals surface area contributed by atoms with Crippen LogP contribution in [0, 0.1) is 0 Å². The molecule has 72 valence electrons. The summed E-state index contributed by atoms with van der Waals surface area (Å²) in [6, 6.07) is 0. The largest absolute Gasteiger partial charge is 0.233 e. The van der Waals surface area contributed by atoms with E-state index < -0.39 is 10.0 Å². The third kappa shape index (κ3) is 1.50. The Kier molecular flexibility index (Phi) is 2.25. The molecule has 0 amide bonds. The van der Waals surface area contributed by atoms with Crippen LogP contribution in [0.1, 0.15) is 40.5 Å². The van der Waals surface area contributed by atoms with Gasteiger partial charge in [0, 0.05) is 5.54 Å². The Morgan fingerprint density at radius 3 is 2.08 bits per heavy atom. The summed E-state index contributed by atoms with van der Waals surface area (Å²) < 4.78 is 24.3. The van der Waals surface area contributed by atoms with Crippen molar-refractivity contribution in [1.29, 1.82) is 0 Å². The molecule has 3 nitrogen and oxygen atoms in total. The molecule has 0 aromatic heterocycles. The second kappa shape index (κ2) is 2.70. The maximum atomic E-state index is 11.4. The summed E-state index contributed by atoms with van der Waals surface area (Å²) in [7, 11) is -2.88. The van der Waals surface area contributed by atoms with Gasteiger partial charge in [0.05, 0.1) is 0 Å². The van der Waals surface area contributed by atoms with E-state index in [0.717, 1.165) is 12.8 Å². The molecule has 12 heavy (non-hydrogen) atoms. The fourth-order valence-electron chi connectivity index (χ4n) is 1.57. The van der Waals surface area contributed by atoms with E-state index in [0.29, 0.717) is 0 Å². The second-order valence-corrected chi connectivity index (χ2v) is 6.22. The van der Waals surface area contributed by atoms with Crippen molar-refractivity contribution in [2.45, 2.75) is 51.4 Å². The van der Waals surface area contributed by atoms with Gasteiger partial charge in [-0.2, -0.15) is 4.31 Å². The molecule has 1 aliphatic rings. The highest BCUT2D eigenvalue weighted by molar-refractivity contribution is 7.96. The van der Waals surface area contributed by atoms with E-state index in [9.17, 15) is 8.42 Å². The third-order valence-electron chi connectivity index (χ3n) is 2.03. The van der Waals surface area contributed by atoms with Crippen LogP contribution in [0.2, 0.25) is 0 Å². The minimum Gasteiger partial charge on any atom is -0.210 e. The summed E-state index contributed by atoms with van der Waals surface area (Å²) in [6.07, 6.45) is 1.69. The van der Waals surface area contributed by atoms with Crippen LogP contribution >= 0.6 is 0 Å². The molecule has 2 unspecified atom stereocenters. The van der Waals surface area contributed by atoms with Gasteiger partial charge in [0.2, 0.25) is 10.0 Å². The van der Waals surface area contributed by atoms with Gasteiger partial charge in [-0.25, -0.2) is 8.42 Å². The molecule has 1 fully saturated rings. The van der Waals surface area contributed by atoms with Crippen LogP contribution in [0.3, 0.4) is 0 Å². The fourth-order valence-corrected chi connectivity index (χ4v) is 3.98. The molecule has 4 heteroatoms. The molecule has 2 atom stereocenters. The predicted molar refractivity (Wildman–Crippen MR) is 49.2 cm³/mol. The van der Waals surface area contributed by atoms with Gasteiger partial charge in [0.25, 0.3) is 0 Å². The maximum Gasteiger partial charge on any atom is 0.233 e. The lowest BCUT2D eigenvalue weighted by atomic mass is 10.1. The van der Waals surface area contributed by atoms with Crippen LogP contribution in [0.15, 0.2) is 0 Å². The fraction of sp³-hybridized carbons (Fsp3) is 1.00. The van der Waals surface area contributed by atoms with Crippen LogP contribution in [-0.4, -0.2) is 23.6 Å². The van der Waals surface area contributed by atoms with Crippen molar-refractivity contribution < 1.29 is 8.42 Å². The monoisotopic (exact) mass is 191 g/mol. The lowest BCUT2D eigenvalue weighted by Gasteiger charge is -2.17. The van der Waals surface area contributed by atoms with Gasteiger partial charge in [-0.05, 0) is 27.2 Å². The van der Waals surface area contributed by atoms with Crippen LogP contribution < -0.4 is 0 Å². The summed E-state index contributed by atoms with van der Waals surface area (Å²) >= 11 is 0. The SMILES string of the molecule is CCCC1N(C(C)(C)C)S1(=O)=O. The standard InChI is InChI=1S/C8H17NO2S/c1-5-6-7-9(8(2,3)4)12(7,10)11/h7H,5-6H2,1-4H3. The Bertz CT molecular complexity index is 263. The quantitative estimate of drug-likeness (QED) is 0.621. The molecular weight excluding hydrogens is 174 g/mol. The molecule has 0 spiro atoms. The number of hydrogen-bond acceptors (Lipinski definition) is 2. The van der Waals surface area contributed by atoms with Gasteiger partial charge in [-0.1, -0.05) is 13.3 Å². The molecule has 1 rings (SSSR count). The van der Waals surface area contributed by atoms with E-state index in [4.69, 9.17) is 0 Å². The molecular formula is C8H17NO2S. The summed E-state index contributed by atoms with van der Waals surface area (Å²) in [5.41, 5.74) is -0.237. The molecule has 0 bridgehead atoms. The normalized spacial score (nSPS) is 33.3. The zero-order valence-corrected chi connectivity index (χ0v) is 8.98. The second-order valence-electron chi connectivity index (χ2n) is 4.25. The average Bonchev–Trinajstić information content (AvgIpc) is 2.33. The average molecular weight is 191 g/mol. The summed E-state index contributed by atoms with van der Waals surface area (Å²) in [6.45, 7) is 7.80. The summed E-state index contributed by atoms with van der Waals surface area (Å²) in [4.78, 5) is 0. The van der Waals surface area contributed by atoms with Gasteiger partial charge < -0.3 is 0 Å². The zero-order chi connectivity index (χ0) is 9.57. The van der Waals surface area contributed by atoms with Gasteiger partial charge in [0.1, 0.15) is 5.37 Å². The third-order valence-corrected chi connectivity index (χ3v) is 4.30. The topological polar surface area (TPSA) is 37.1 Å². The minimum atomic E-state index is -2.88. The first kappa shape index (κ1) is 9.99. The van der Waals surface area contributed by atoms with Crippen molar-refractivity contribution in [1.82, 2.24) is 4.31 Å². The maximum absolute atomic E-state index is 11.4. The highest BCUT2D eigenvalue weighted by Gasteiger charge is 2.58. The Labute approximate surface area is 74.8 Å². The van der Waals surface area contributed by atoms with E-state index in [1.54, 1.807) is 4.31 Å². The van der Waals surface area contributed by atoms with Crippen molar-refractivity contribution in [3.63, 3.8) is 0 Å². The molecule has 0 aliphatic carbocycles. The van der Waals surface area contributed by atoms with E-state index in [1.165, 1.54) is 0 Å². The van der Waals surface area contributed by atoms with Gasteiger partial charge in [0.15, 0.2) is 0 Å². The summed E-state index contributed by atoms with van der Waals surface area (Å²) in [5.74, 6) is 0. The van der Waals surface area contributed by atoms with Gasteiger partial charge in [-0.15, -0.1) is 0 Å². The highest BCUT2D eigenvalue weighted by Crippen LogP contribution is 2.41. The zero-order valence-electron chi connectivity index (χ0n) is 8.16. The lowest BCUT2D eigenvalue weighted by molar-refractivity contribution is 0.304. The summed E-state index contributed by atoms with van der Waals surface area (Å²) in [5, 5.41) is -0.206. The Hall–Kier alpha value is -0.0900. The van der Waals surface area contributed by atoms with E-state index in [1.807, 2.05) is 27.7 Å². The first-order valence-corrected chi connectivity index (χ1v) is 5.85. The Balaban J connectivity index is 2.74.